The highest BCUT2D eigenvalue weighted by Gasteiger charge is 2.22. The molecule has 1 saturated heterocycles. The molecule has 1 N–H and O–H groups in total. The molecule has 0 unspecified atom stereocenters. The maximum atomic E-state index is 12.7. The standard InChI is InChI=1S/C19H20N4O2/c1-14-3-8-17(18(24)21-14)19(25)23-10-2-9-22(11-12-23)16-6-4-15(13-20)5-7-16/h3-8H,2,9-12H2,1H3,(H,21,24). The molecule has 1 aliphatic heterocycles. The number of pyridine rings is 1. The third kappa shape index (κ3) is 3.72. The number of H-pyrrole nitrogens is 1. The summed E-state index contributed by atoms with van der Waals surface area (Å²) in [5.41, 5.74) is 2.27. The van der Waals surface area contributed by atoms with Gasteiger partial charge >= 0.3 is 0 Å². The monoisotopic (exact) mass is 336 g/mol. The van der Waals surface area contributed by atoms with Crippen molar-refractivity contribution in [2.24, 2.45) is 0 Å². The molecule has 2 aromatic rings. The highest BCUT2D eigenvalue weighted by molar-refractivity contribution is 5.93. The molecule has 0 radical (unpaired) electrons. The van der Waals surface area contributed by atoms with Crippen LogP contribution >= 0.6 is 0 Å². The predicted octanol–water partition coefficient (Wildman–Crippen LogP) is 1.91. The van der Waals surface area contributed by atoms with Gasteiger partial charge in [-0.25, -0.2) is 0 Å². The van der Waals surface area contributed by atoms with Crippen LogP contribution < -0.4 is 10.5 Å². The van der Waals surface area contributed by atoms with Gasteiger partial charge in [-0.2, -0.15) is 5.26 Å². The van der Waals surface area contributed by atoms with Gasteiger partial charge in [0.2, 0.25) is 0 Å². The maximum absolute atomic E-state index is 12.7. The first-order valence-electron chi connectivity index (χ1n) is 8.33. The number of rotatable bonds is 2. The number of benzene rings is 1. The smallest absolute Gasteiger partial charge is 0.260 e. The number of nitriles is 1. The van der Waals surface area contributed by atoms with Gasteiger partial charge in [-0.15, -0.1) is 0 Å². The number of hydrogen-bond acceptors (Lipinski definition) is 4. The number of carbonyl (C=O) groups is 1. The molecule has 1 aromatic carbocycles. The molecule has 0 atom stereocenters. The van der Waals surface area contributed by atoms with Crippen molar-refractivity contribution in [3.05, 3.63) is 63.6 Å². The average molecular weight is 336 g/mol. The number of hydrogen-bond donors (Lipinski definition) is 1. The molecule has 25 heavy (non-hydrogen) atoms. The number of amides is 1. The number of aromatic amines is 1. The van der Waals surface area contributed by atoms with E-state index < -0.39 is 0 Å². The molecule has 0 saturated carbocycles. The Kier molecular flexibility index (Phi) is 4.85. The van der Waals surface area contributed by atoms with Gasteiger partial charge in [0.05, 0.1) is 11.6 Å². The SMILES string of the molecule is Cc1ccc(C(=O)N2CCCN(c3ccc(C#N)cc3)CC2)c(=O)[nH]1. The fourth-order valence-corrected chi connectivity index (χ4v) is 3.04. The van der Waals surface area contributed by atoms with E-state index >= 15 is 0 Å². The Balaban J connectivity index is 1.71. The van der Waals surface area contributed by atoms with Crippen LogP contribution in [0.2, 0.25) is 0 Å². The Bertz CT molecular complexity index is 864. The van der Waals surface area contributed by atoms with Crippen LogP contribution in [0.4, 0.5) is 5.69 Å². The van der Waals surface area contributed by atoms with Gasteiger partial charge in [0.15, 0.2) is 0 Å². The largest absolute Gasteiger partial charge is 0.370 e. The summed E-state index contributed by atoms with van der Waals surface area (Å²) in [5.74, 6) is -0.220. The van der Waals surface area contributed by atoms with Crippen LogP contribution in [0.3, 0.4) is 0 Å². The van der Waals surface area contributed by atoms with Crippen LogP contribution in [-0.4, -0.2) is 42.0 Å². The van der Waals surface area contributed by atoms with E-state index in [0.29, 0.717) is 25.2 Å². The molecule has 0 bridgehead atoms. The molecule has 1 amide bonds. The molecule has 1 fully saturated rings. The van der Waals surface area contributed by atoms with E-state index in [1.165, 1.54) is 0 Å². The highest BCUT2D eigenvalue weighted by atomic mass is 16.2. The second kappa shape index (κ2) is 7.22. The van der Waals surface area contributed by atoms with Crippen molar-refractivity contribution < 1.29 is 4.79 Å². The van der Waals surface area contributed by atoms with Crippen LogP contribution in [0.1, 0.15) is 28.0 Å². The van der Waals surface area contributed by atoms with Crippen LogP contribution in [-0.2, 0) is 0 Å². The first kappa shape index (κ1) is 16.8. The van der Waals surface area contributed by atoms with Gasteiger partial charge in [-0.3, -0.25) is 9.59 Å². The Morgan fingerprint density at radius 2 is 1.84 bits per heavy atom. The number of carbonyl (C=O) groups excluding carboxylic acids is 1. The summed E-state index contributed by atoms with van der Waals surface area (Å²) in [6, 6.07) is 12.9. The van der Waals surface area contributed by atoms with Crippen molar-refractivity contribution in [1.29, 1.82) is 5.26 Å². The number of aryl methyl sites for hydroxylation is 1. The third-order valence-electron chi connectivity index (χ3n) is 4.43. The number of anilines is 1. The van der Waals surface area contributed by atoms with Crippen LogP contribution in [0, 0.1) is 18.3 Å². The molecule has 0 aliphatic carbocycles. The summed E-state index contributed by atoms with van der Waals surface area (Å²) >= 11 is 0. The first-order chi connectivity index (χ1) is 12.1. The van der Waals surface area contributed by atoms with Gasteiger partial charge in [0, 0.05) is 37.6 Å². The quantitative estimate of drug-likeness (QED) is 0.908. The Morgan fingerprint density at radius 3 is 2.52 bits per heavy atom. The molecule has 3 rings (SSSR count). The molecule has 6 heteroatoms. The second-order valence-electron chi connectivity index (χ2n) is 6.18. The van der Waals surface area contributed by atoms with Gasteiger partial charge in [0.1, 0.15) is 5.56 Å². The zero-order chi connectivity index (χ0) is 17.8. The summed E-state index contributed by atoms with van der Waals surface area (Å²) in [6.07, 6.45) is 0.829. The molecule has 0 spiro atoms. The summed E-state index contributed by atoms with van der Waals surface area (Å²) in [4.78, 5) is 31.3. The Morgan fingerprint density at radius 1 is 1.08 bits per heavy atom. The van der Waals surface area contributed by atoms with E-state index in [0.717, 1.165) is 24.3 Å². The van der Waals surface area contributed by atoms with Gasteiger partial charge in [-0.1, -0.05) is 0 Å². The molecule has 1 aromatic heterocycles. The van der Waals surface area contributed by atoms with Crippen molar-refractivity contribution in [2.75, 3.05) is 31.1 Å². The lowest BCUT2D eigenvalue weighted by atomic mass is 10.2. The van der Waals surface area contributed by atoms with Crippen LogP contribution in [0.25, 0.3) is 0 Å². The minimum atomic E-state index is -0.335. The Hall–Kier alpha value is -3.07. The summed E-state index contributed by atoms with van der Waals surface area (Å²) in [6.45, 7) is 4.50. The minimum Gasteiger partial charge on any atom is -0.370 e. The lowest BCUT2D eigenvalue weighted by Gasteiger charge is -2.23. The highest BCUT2D eigenvalue weighted by Crippen LogP contribution is 2.18. The van der Waals surface area contributed by atoms with Crippen LogP contribution in [0.5, 0.6) is 0 Å². The van der Waals surface area contributed by atoms with Crippen LogP contribution in [0.15, 0.2) is 41.2 Å². The summed E-state index contributed by atoms with van der Waals surface area (Å²) in [5, 5.41) is 8.89. The fourth-order valence-electron chi connectivity index (χ4n) is 3.04. The van der Waals surface area contributed by atoms with E-state index in [9.17, 15) is 9.59 Å². The minimum absolute atomic E-state index is 0.192. The topological polar surface area (TPSA) is 80.2 Å². The van der Waals surface area contributed by atoms with Gasteiger partial charge in [-0.05, 0) is 49.7 Å². The molecule has 2 heterocycles. The normalized spacial score (nSPS) is 14.7. The van der Waals surface area contributed by atoms with E-state index in [4.69, 9.17) is 5.26 Å². The predicted molar refractivity (Wildman–Crippen MR) is 95.7 cm³/mol. The molecule has 1 aliphatic rings. The van der Waals surface area contributed by atoms with E-state index in [1.807, 2.05) is 12.1 Å². The van der Waals surface area contributed by atoms with E-state index in [1.54, 1.807) is 36.1 Å². The van der Waals surface area contributed by atoms with E-state index in [2.05, 4.69) is 16.0 Å². The fraction of sp³-hybridized carbons (Fsp3) is 0.316. The summed E-state index contributed by atoms with van der Waals surface area (Å²) in [7, 11) is 0. The third-order valence-corrected chi connectivity index (χ3v) is 4.43. The van der Waals surface area contributed by atoms with Crippen molar-refractivity contribution >= 4 is 11.6 Å². The average Bonchev–Trinajstić information content (AvgIpc) is 2.87. The van der Waals surface area contributed by atoms with Crippen molar-refractivity contribution in [3.63, 3.8) is 0 Å². The lowest BCUT2D eigenvalue weighted by molar-refractivity contribution is 0.0765. The number of aromatic nitrogens is 1. The first-order valence-corrected chi connectivity index (χ1v) is 8.33. The number of nitrogens with zero attached hydrogens (tertiary/aromatic N) is 3. The molecule has 128 valence electrons. The second-order valence-corrected chi connectivity index (χ2v) is 6.18. The van der Waals surface area contributed by atoms with Crippen molar-refractivity contribution in [1.82, 2.24) is 9.88 Å². The van der Waals surface area contributed by atoms with Crippen molar-refractivity contribution in [2.45, 2.75) is 13.3 Å². The van der Waals surface area contributed by atoms with E-state index in [-0.39, 0.29) is 17.0 Å². The number of nitrogens with one attached hydrogen (secondary N) is 1. The summed E-state index contributed by atoms with van der Waals surface area (Å²) < 4.78 is 0. The molecular formula is C19H20N4O2. The van der Waals surface area contributed by atoms with Gasteiger partial charge < -0.3 is 14.8 Å². The lowest BCUT2D eigenvalue weighted by Crippen LogP contribution is -2.37. The molecule has 6 nitrogen and oxygen atoms in total. The molecular weight excluding hydrogens is 316 g/mol. The Labute approximate surface area is 146 Å². The maximum Gasteiger partial charge on any atom is 0.260 e. The zero-order valence-electron chi connectivity index (χ0n) is 14.2. The van der Waals surface area contributed by atoms with Crippen molar-refractivity contribution in [3.8, 4) is 6.07 Å². The zero-order valence-corrected chi connectivity index (χ0v) is 14.2. The van der Waals surface area contributed by atoms with Gasteiger partial charge in [0.25, 0.3) is 11.5 Å².